The summed E-state index contributed by atoms with van der Waals surface area (Å²) < 4.78 is 17.7. The van der Waals surface area contributed by atoms with E-state index in [-0.39, 0.29) is 30.6 Å². The number of carbonyl (C=O) groups excluding carboxylic acids is 3. The van der Waals surface area contributed by atoms with E-state index >= 15 is 0 Å². The smallest absolute Gasteiger partial charge is 0.338 e. The first-order valence-corrected chi connectivity index (χ1v) is 13.2. The number of esters is 2. The highest BCUT2D eigenvalue weighted by atomic mass is 16.6. The third-order valence-electron chi connectivity index (χ3n) is 9.95. The van der Waals surface area contributed by atoms with Crippen LogP contribution in [-0.4, -0.2) is 86.5 Å². The summed E-state index contributed by atoms with van der Waals surface area (Å²) in [5.74, 6) is -3.60. The van der Waals surface area contributed by atoms with Gasteiger partial charge in [-0.15, -0.1) is 0 Å². The molecule has 4 N–H and O–H groups in total. The molecule has 212 valence electrons. The molecule has 3 aliphatic carbocycles. The highest BCUT2D eigenvalue weighted by Crippen LogP contribution is 2.63. The number of carbonyl (C=O) groups is 3. The third kappa shape index (κ3) is 3.62. The van der Waals surface area contributed by atoms with Crippen LogP contribution in [0.2, 0.25) is 0 Å². The van der Waals surface area contributed by atoms with Crippen LogP contribution in [0.3, 0.4) is 0 Å². The largest absolute Gasteiger partial charge is 0.455 e. The Morgan fingerprint density at radius 1 is 1.08 bits per heavy atom. The molecule has 0 aromatic heterocycles. The van der Waals surface area contributed by atoms with Gasteiger partial charge in [-0.25, -0.2) is 4.79 Å². The van der Waals surface area contributed by atoms with Crippen molar-refractivity contribution in [3.63, 3.8) is 0 Å². The van der Waals surface area contributed by atoms with Gasteiger partial charge in [0.25, 0.3) is 0 Å². The Bertz CT molecular complexity index is 1240. The van der Waals surface area contributed by atoms with E-state index < -0.39 is 76.2 Å². The summed E-state index contributed by atoms with van der Waals surface area (Å²) >= 11 is 0. The van der Waals surface area contributed by atoms with Crippen LogP contribution in [0.25, 0.3) is 0 Å². The average molecular weight is 545 g/mol. The minimum Gasteiger partial charge on any atom is -0.455 e. The standard InChI is InChI=1S/C29H36O10/c1-14-17(31)12-29(36)24(38-25(35)16-9-7-6-8-10-16)22-27(5,23(34)21(33)20(14)26(29,3)4)18(32)11-19-28(22,13-37-19)39-15(2)30/h6-10,17-19,21-22,24,31-33,36H,11-13H2,1-5H3/t17-,18-,19+,21?,22-,24-,27+,28-,29?/m0/s1. The van der Waals surface area contributed by atoms with Crippen LogP contribution in [0.5, 0.6) is 0 Å². The fourth-order valence-corrected chi connectivity index (χ4v) is 7.66. The van der Waals surface area contributed by atoms with Gasteiger partial charge in [0.2, 0.25) is 0 Å². The van der Waals surface area contributed by atoms with Crippen molar-refractivity contribution in [2.75, 3.05) is 6.61 Å². The van der Waals surface area contributed by atoms with Crippen molar-refractivity contribution in [3.05, 3.63) is 47.0 Å². The number of aliphatic hydroxyl groups is 4. The summed E-state index contributed by atoms with van der Waals surface area (Å²) in [6.45, 7) is 7.29. The molecule has 2 saturated carbocycles. The Labute approximate surface area is 226 Å². The van der Waals surface area contributed by atoms with Crippen molar-refractivity contribution in [1.82, 2.24) is 0 Å². The van der Waals surface area contributed by atoms with Crippen molar-refractivity contribution in [2.24, 2.45) is 16.7 Å². The van der Waals surface area contributed by atoms with Gasteiger partial charge >= 0.3 is 11.9 Å². The lowest BCUT2D eigenvalue weighted by atomic mass is 9.44. The maximum Gasteiger partial charge on any atom is 0.338 e. The molecule has 10 heteroatoms. The molecule has 1 heterocycles. The Kier molecular flexibility index (Phi) is 6.40. The van der Waals surface area contributed by atoms with Crippen molar-refractivity contribution in [1.29, 1.82) is 0 Å². The first kappa shape index (κ1) is 27.9. The molecule has 1 aromatic carbocycles. The molecular formula is C29H36O10. The van der Waals surface area contributed by atoms with Crippen LogP contribution in [-0.2, 0) is 23.8 Å². The topological polar surface area (TPSA) is 160 Å². The fraction of sp³-hybridized carbons (Fsp3) is 0.621. The fourth-order valence-electron chi connectivity index (χ4n) is 7.66. The lowest BCUT2D eigenvalue weighted by Crippen LogP contribution is -2.81. The maximum absolute atomic E-state index is 14.3. The molecule has 2 unspecified atom stereocenters. The molecule has 5 rings (SSSR count). The van der Waals surface area contributed by atoms with Gasteiger partial charge in [-0.3, -0.25) is 9.59 Å². The van der Waals surface area contributed by atoms with Gasteiger partial charge in [0, 0.05) is 25.2 Å². The van der Waals surface area contributed by atoms with E-state index in [1.807, 2.05) is 0 Å². The van der Waals surface area contributed by atoms with E-state index in [4.69, 9.17) is 14.2 Å². The van der Waals surface area contributed by atoms with Crippen molar-refractivity contribution < 1.29 is 49.0 Å². The van der Waals surface area contributed by atoms with Crippen molar-refractivity contribution >= 4 is 17.7 Å². The second kappa shape index (κ2) is 8.94. The van der Waals surface area contributed by atoms with Crippen LogP contribution >= 0.6 is 0 Å². The van der Waals surface area contributed by atoms with Gasteiger partial charge in [-0.05, 0) is 37.1 Å². The van der Waals surface area contributed by atoms with E-state index in [9.17, 15) is 34.8 Å². The summed E-state index contributed by atoms with van der Waals surface area (Å²) in [5.41, 5.74) is -6.24. The maximum atomic E-state index is 14.3. The van der Waals surface area contributed by atoms with Gasteiger partial charge in [0.15, 0.2) is 11.4 Å². The third-order valence-corrected chi connectivity index (χ3v) is 9.95. The molecule has 9 atom stereocenters. The number of benzene rings is 1. The minimum absolute atomic E-state index is 0.0828. The number of aliphatic hydroxyl groups excluding tert-OH is 3. The summed E-state index contributed by atoms with van der Waals surface area (Å²) in [6.07, 6.45) is -7.26. The molecule has 3 fully saturated rings. The van der Waals surface area contributed by atoms with Crippen molar-refractivity contribution in [2.45, 2.75) is 89.2 Å². The first-order valence-electron chi connectivity index (χ1n) is 13.2. The lowest BCUT2D eigenvalue weighted by molar-refractivity contribution is -0.345. The molecule has 10 nitrogen and oxygen atoms in total. The Morgan fingerprint density at radius 2 is 1.72 bits per heavy atom. The summed E-state index contributed by atoms with van der Waals surface area (Å²) in [4.78, 5) is 40.3. The molecule has 1 aromatic rings. The number of hydrogen-bond donors (Lipinski definition) is 4. The van der Waals surface area contributed by atoms with Crippen LogP contribution in [0.15, 0.2) is 41.5 Å². The summed E-state index contributed by atoms with van der Waals surface area (Å²) in [5, 5.41) is 46.7. The highest BCUT2D eigenvalue weighted by molar-refractivity contribution is 5.94. The number of fused-ring (bicyclic) bond motifs is 5. The van der Waals surface area contributed by atoms with E-state index in [2.05, 4.69) is 0 Å². The number of Topliss-reactive ketones (excluding diaryl/α,β-unsaturated/α-hetero) is 1. The number of rotatable bonds is 3. The van der Waals surface area contributed by atoms with Gasteiger partial charge in [0.05, 0.1) is 35.7 Å². The zero-order chi connectivity index (χ0) is 28.7. The van der Waals surface area contributed by atoms with E-state index in [0.29, 0.717) is 5.57 Å². The average Bonchev–Trinajstić information content (AvgIpc) is 2.87. The monoisotopic (exact) mass is 544 g/mol. The molecule has 39 heavy (non-hydrogen) atoms. The summed E-state index contributed by atoms with van der Waals surface area (Å²) in [6, 6.07) is 8.08. The normalized spacial score (nSPS) is 42.7. The molecular weight excluding hydrogens is 508 g/mol. The van der Waals surface area contributed by atoms with E-state index in [1.54, 1.807) is 39.0 Å². The highest BCUT2D eigenvalue weighted by Gasteiger charge is 2.77. The molecule has 0 radical (unpaired) electrons. The number of ketones is 1. The van der Waals surface area contributed by atoms with E-state index in [0.717, 1.165) is 0 Å². The van der Waals surface area contributed by atoms with Gasteiger partial charge in [-0.1, -0.05) is 32.0 Å². The second-order valence-corrected chi connectivity index (χ2v) is 12.2. The molecule has 2 bridgehead atoms. The Hall–Kier alpha value is -2.63. The zero-order valence-electron chi connectivity index (χ0n) is 22.7. The van der Waals surface area contributed by atoms with Crippen LogP contribution in [0.1, 0.15) is 57.8 Å². The van der Waals surface area contributed by atoms with Crippen LogP contribution in [0, 0.1) is 16.7 Å². The second-order valence-electron chi connectivity index (χ2n) is 12.2. The molecule has 4 aliphatic rings. The predicted octanol–water partition coefficient (Wildman–Crippen LogP) is 1.08. The summed E-state index contributed by atoms with van der Waals surface area (Å²) in [7, 11) is 0. The van der Waals surface area contributed by atoms with Gasteiger partial charge in [-0.2, -0.15) is 0 Å². The quantitative estimate of drug-likeness (QED) is 0.320. The van der Waals surface area contributed by atoms with E-state index in [1.165, 1.54) is 26.0 Å². The predicted molar refractivity (Wildman–Crippen MR) is 135 cm³/mol. The minimum atomic E-state index is -2.07. The molecule has 0 spiro atoms. The number of ether oxygens (including phenoxy) is 3. The van der Waals surface area contributed by atoms with Crippen LogP contribution in [0.4, 0.5) is 0 Å². The number of hydrogen-bond acceptors (Lipinski definition) is 10. The molecule has 1 saturated heterocycles. The first-order chi connectivity index (χ1) is 18.1. The Morgan fingerprint density at radius 3 is 2.28 bits per heavy atom. The van der Waals surface area contributed by atoms with Crippen LogP contribution < -0.4 is 0 Å². The van der Waals surface area contributed by atoms with Crippen molar-refractivity contribution in [3.8, 4) is 0 Å². The lowest BCUT2D eigenvalue weighted by Gasteiger charge is -2.67. The van der Waals surface area contributed by atoms with Gasteiger partial charge in [0.1, 0.15) is 23.9 Å². The van der Waals surface area contributed by atoms with Gasteiger partial charge < -0.3 is 34.6 Å². The zero-order valence-corrected chi connectivity index (χ0v) is 22.7. The molecule has 1 aliphatic heterocycles. The molecule has 0 amide bonds. The Balaban J connectivity index is 1.81. The SMILES string of the molecule is CC(=O)O[C@@]12CO[C@@H]1C[C@H](O)[C@@]1(C)C(=O)C(O)C3=C(C)[C@@H](O)CC(O)([C@@H](OC(=O)c4ccccc4)[C@H]21)C3(C)C.